The number of benzene rings is 1. The van der Waals surface area contributed by atoms with Gasteiger partial charge in [-0.2, -0.15) is 0 Å². The minimum Gasteiger partial charge on any atom is -0.381 e. The predicted molar refractivity (Wildman–Crippen MR) is 88.4 cm³/mol. The van der Waals surface area contributed by atoms with Crippen molar-refractivity contribution in [3.63, 3.8) is 0 Å². The number of ether oxygens (including phenoxy) is 1. The van der Waals surface area contributed by atoms with Gasteiger partial charge >= 0.3 is 0 Å². The molecule has 1 rings (SSSR count). The third-order valence-electron chi connectivity index (χ3n) is 3.14. The Bertz CT molecular complexity index is 573. The summed E-state index contributed by atoms with van der Waals surface area (Å²) in [6.07, 6.45) is 3.11. The number of carbonyl (C=O) groups excluding carboxylic acids is 1. The van der Waals surface area contributed by atoms with E-state index in [0.717, 1.165) is 32.4 Å². The summed E-state index contributed by atoms with van der Waals surface area (Å²) in [6, 6.07) is 5.75. The molecule has 0 saturated heterocycles. The van der Waals surface area contributed by atoms with Gasteiger partial charge in [-0.25, -0.2) is 13.6 Å². The molecular formula is C15H26N3O4S+. The fourth-order valence-electron chi connectivity index (χ4n) is 1.85. The van der Waals surface area contributed by atoms with E-state index in [1.54, 1.807) is 0 Å². The molecule has 0 unspecified atom stereocenters. The van der Waals surface area contributed by atoms with Gasteiger partial charge in [-0.15, -0.1) is 0 Å². The Hall–Kier alpha value is -1.48. The van der Waals surface area contributed by atoms with E-state index in [-0.39, 0.29) is 10.8 Å². The molecule has 0 saturated carbocycles. The summed E-state index contributed by atoms with van der Waals surface area (Å²) in [7, 11) is -3.71. The highest BCUT2D eigenvalue weighted by molar-refractivity contribution is 7.89. The molecule has 7 nitrogen and oxygen atoms in total. The molecule has 0 aliphatic rings. The van der Waals surface area contributed by atoms with E-state index < -0.39 is 10.0 Å². The zero-order chi connectivity index (χ0) is 17.1. The van der Waals surface area contributed by atoms with Crippen molar-refractivity contribution in [3.8, 4) is 0 Å². The fraction of sp³-hybridized carbons (Fsp3) is 0.533. The number of anilines is 1. The first-order valence-electron chi connectivity index (χ1n) is 7.75. The molecule has 0 aromatic heterocycles. The van der Waals surface area contributed by atoms with E-state index in [2.05, 4.69) is 12.2 Å². The van der Waals surface area contributed by atoms with Crippen LogP contribution in [0.4, 0.5) is 5.69 Å². The maximum atomic E-state index is 11.8. The Labute approximate surface area is 137 Å². The largest absolute Gasteiger partial charge is 0.381 e. The van der Waals surface area contributed by atoms with E-state index in [4.69, 9.17) is 9.88 Å². The van der Waals surface area contributed by atoms with Crippen LogP contribution in [0.3, 0.4) is 0 Å². The monoisotopic (exact) mass is 344 g/mol. The van der Waals surface area contributed by atoms with E-state index in [9.17, 15) is 13.2 Å². The molecule has 0 aliphatic heterocycles. The second kappa shape index (κ2) is 10.3. The maximum absolute atomic E-state index is 11.8. The van der Waals surface area contributed by atoms with Crippen molar-refractivity contribution >= 4 is 21.6 Å². The van der Waals surface area contributed by atoms with Gasteiger partial charge in [0.1, 0.15) is 0 Å². The lowest BCUT2D eigenvalue weighted by Crippen LogP contribution is -2.86. The lowest BCUT2D eigenvalue weighted by atomic mass is 10.3. The second-order valence-corrected chi connectivity index (χ2v) is 6.78. The Morgan fingerprint density at radius 1 is 1.22 bits per heavy atom. The summed E-state index contributed by atoms with van der Waals surface area (Å²) < 4.78 is 27.7. The maximum Gasteiger partial charge on any atom is 0.279 e. The van der Waals surface area contributed by atoms with Gasteiger partial charge in [-0.3, -0.25) is 4.79 Å². The van der Waals surface area contributed by atoms with Crippen molar-refractivity contribution in [2.75, 3.05) is 31.6 Å². The van der Waals surface area contributed by atoms with Crippen molar-refractivity contribution in [2.24, 2.45) is 5.14 Å². The van der Waals surface area contributed by atoms with Crippen molar-refractivity contribution in [3.05, 3.63) is 24.3 Å². The number of nitrogens with two attached hydrogens (primary N) is 2. The Morgan fingerprint density at radius 2 is 1.87 bits per heavy atom. The smallest absolute Gasteiger partial charge is 0.279 e. The van der Waals surface area contributed by atoms with Crippen LogP contribution < -0.4 is 15.8 Å². The molecule has 0 spiro atoms. The summed E-state index contributed by atoms with van der Waals surface area (Å²) in [5, 5.41) is 9.63. The van der Waals surface area contributed by atoms with Gasteiger partial charge in [0.25, 0.3) is 5.91 Å². The van der Waals surface area contributed by atoms with E-state index in [1.165, 1.54) is 24.3 Å². The SMILES string of the molecule is CCCCOCCC[NH2+]CC(=O)Nc1ccc(S(N)(=O)=O)cc1. The van der Waals surface area contributed by atoms with E-state index in [1.807, 2.05) is 5.32 Å². The minimum atomic E-state index is -3.71. The molecule has 130 valence electrons. The number of carbonyl (C=O) groups is 1. The van der Waals surface area contributed by atoms with Gasteiger partial charge in [0.15, 0.2) is 6.54 Å². The molecule has 8 heteroatoms. The summed E-state index contributed by atoms with van der Waals surface area (Å²) >= 11 is 0. The van der Waals surface area contributed by atoms with Gasteiger partial charge < -0.3 is 15.4 Å². The normalized spacial score (nSPS) is 11.4. The van der Waals surface area contributed by atoms with Crippen LogP contribution in [0, 0.1) is 0 Å². The lowest BCUT2D eigenvalue weighted by molar-refractivity contribution is -0.644. The van der Waals surface area contributed by atoms with E-state index >= 15 is 0 Å². The number of hydrogen-bond acceptors (Lipinski definition) is 4. The average molecular weight is 344 g/mol. The van der Waals surface area contributed by atoms with Gasteiger partial charge in [0.05, 0.1) is 18.0 Å². The molecule has 1 amide bonds. The van der Waals surface area contributed by atoms with Crippen LogP contribution in [0.1, 0.15) is 26.2 Å². The first kappa shape index (κ1) is 19.6. The van der Waals surface area contributed by atoms with Crippen LogP contribution in [0.2, 0.25) is 0 Å². The Kier molecular flexibility index (Phi) is 8.78. The predicted octanol–water partition coefficient (Wildman–Crippen LogP) is 0.0427. The molecule has 0 bridgehead atoms. The Balaban J connectivity index is 2.19. The van der Waals surface area contributed by atoms with Crippen LogP contribution >= 0.6 is 0 Å². The Morgan fingerprint density at radius 3 is 2.48 bits per heavy atom. The number of nitrogens with one attached hydrogen (secondary N) is 1. The molecule has 1 aromatic rings. The van der Waals surface area contributed by atoms with Gasteiger partial charge in [-0.1, -0.05) is 13.3 Å². The number of unbranched alkanes of at least 4 members (excludes halogenated alkanes) is 1. The molecule has 0 aliphatic carbocycles. The lowest BCUT2D eigenvalue weighted by Gasteiger charge is -2.06. The number of hydrogen-bond donors (Lipinski definition) is 3. The average Bonchev–Trinajstić information content (AvgIpc) is 2.49. The summed E-state index contributed by atoms with van der Waals surface area (Å²) in [5.41, 5.74) is 0.540. The van der Waals surface area contributed by atoms with Gasteiger partial charge in [0.2, 0.25) is 10.0 Å². The van der Waals surface area contributed by atoms with Crippen molar-refractivity contribution < 1.29 is 23.3 Å². The van der Waals surface area contributed by atoms with Gasteiger partial charge in [-0.05, 0) is 30.7 Å². The number of sulfonamides is 1. The third kappa shape index (κ3) is 8.65. The first-order valence-corrected chi connectivity index (χ1v) is 9.30. The number of amides is 1. The van der Waals surface area contributed by atoms with Crippen molar-refractivity contribution in [2.45, 2.75) is 31.1 Å². The summed E-state index contributed by atoms with van der Waals surface area (Å²) in [6.45, 7) is 4.77. The van der Waals surface area contributed by atoms with Crippen LogP contribution in [0.15, 0.2) is 29.2 Å². The highest BCUT2D eigenvalue weighted by Crippen LogP contribution is 2.12. The summed E-state index contributed by atoms with van der Waals surface area (Å²) in [5.74, 6) is -0.139. The standard InChI is InChI=1S/C15H25N3O4S/c1-2-3-10-22-11-4-9-17-12-15(19)18-13-5-7-14(8-6-13)23(16,20)21/h5-8,17H,2-4,9-12H2,1H3,(H,18,19)(H2,16,20,21)/p+1. The van der Waals surface area contributed by atoms with Crippen molar-refractivity contribution in [1.29, 1.82) is 0 Å². The fourth-order valence-corrected chi connectivity index (χ4v) is 2.37. The molecular weight excluding hydrogens is 318 g/mol. The first-order chi connectivity index (χ1) is 10.9. The van der Waals surface area contributed by atoms with Crippen LogP contribution in [-0.2, 0) is 19.6 Å². The molecule has 1 aromatic carbocycles. The number of primary sulfonamides is 1. The third-order valence-corrected chi connectivity index (χ3v) is 4.06. The highest BCUT2D eigenvalue weighted by Gasteiger charge is 2.08. The molecule has 0 radical (unpaired) electrons. The molecule has 0 fully saturated rings. The second-order valence-electron chi connectivity index (χ2n) is 5.22. The number of rotatable bonds is 11. The molecule has 5 N–H and O–H groups in total. The van der Waals surface area contributed by atoms with Crippen LogP contribution in [-0.4, -0.2) is 40.6 Å². The highest BCUT2D eigenvalue weighted by atomic mass is 32.2. The minimum absolute atomic E-state index is 0.0186. The zero-order valence-electron chi connectivity index (χ0n) is 13.5. The molecule has 23 heavy (non-hydrogen) atoms. The topological polar surface area (TPSA) is 115 Å². The molecule has 0 atom stereocenters. The van der Waals surface area contributed by atoms with E-state index in [0.29, 0.717) is 18.8 Å². The van der Waals surface area contributed by atoms with Crippen LogP contribution in [0.5, 0.6) is 0 Å². The van der Waals surface area contributed by atoms with Crippen LogP contribution in [0.25, 0.3) is 0 Å². The van der Waals surface area contributed by atoms with Gasteiger partial charge in [0, 0.05) is 18.7 Å². The summed E-state index contributed by atoms with van der Waals surface area (Å²) in [4.78, 5) is 11.8. The molecule has 0 heterocycles. The quantitative estimate of drug-likeness (QED) is 0.492. The van der Waals surface area contributed by atoms with Crippen molar-refractivity contribution in [1.82, 2.24) is 0 Å². The number of quaternary nitrogens is 1. The zero-order valence-corrected chi connectivity index (χ0v) is 14.3.